The average molecular weight is 207 g/mol. The van der Waals surface area contributed by atoms with E-state index < -0.39 is 0 Å². The summed E-state index contributed by atoms with van der Waals surface area (Å²) >= 11 is 0. The molecule has 0 atom stereocenters. The van der Waals surface area contributed by atoms with E-state index in [0.29, 0.717) is 0 Å². The smallest absolute Gasteiger partial charge is 0.267 e. The first-order valence-corrected chi connectivity index (χ1v) is 5.13. The van der Waals surface area contributed by atoms with E-state index >= 15 is 0 Å². The summed E-state index contributed by atoms with van der Waals surface area (Å²) in [5.74, 6) is -0.168. The summed E-state index contributed by atoms with van der Waals surface area (Å²) in [5, 5.41) is 1.70. The molecule has 3 rings (SSSR count). The van der Waals surface area contributed by atoms with Gasteiger partial charge in [-0.05, 0) is 17.2 Å². The highest BCUT2D eigenvalue weighted by Gasteiger charge is 2.07. The van der Waals surface area contributed by atoms with Crippen molar-refractivity contribution in [3.8, 4) is 11.1 Å². The molecule has 0 unspecified atom stereocenters. The SMILES string of the molecule is O=C1C=c2c(-c3ccccc3)cccc2=N1. The van der Waals surface area contributed by atoms with Crippen molar-refractivity contribution >= 4 is 12.0 Å². The van der Waals surface area contributed by atoms with Crippen molar-refractivity contribution in [1.29, 1.82) is 0 Å². The Morgan fingerprint density at radius 2 is 1.69 bits per heavy atom. The zero-order valence-corrected chi connectivity index (χ0v) is 8.55. The number of hydrogen-bond donors (Lipinski definition) is 0. The highest BCUT2D eigenvalue weighted by atomic mass is 16.1. The van der Waals surface area contributed by atoms with E-state index in [9.17, 15) is 4.79 Å². The molecule has 2 nitrogen and oxygen atoms in total. The Balaban J connectivity index is 2.35. The fourth-order valence-electron chi connectivity index (χ4n) is 1.95. The largest absolute Gasteiger partial charge is 0.270 e. The lowest BCUT2D eigenvalue weighted by Crippen LogP contribution is -2.23. The van der Waals surface area contributed by atoms with Gasteiger partial charge in [-0.1, -0.05) is 42.5 Å². The third-order valence-corrected chi connectivity index (χ3v) is 2.67. The van der Waals surface area contributed by atoms with Crippen LogP contribution in [0.5, 0.6) is 0 Å². The number of rotatable bonds is 1. The third-order valence-electron chi connectivity index (χ3n) is 2.67. The molecular weight excluding hydrogens is 198 g/mol. The number of carbonyl (C=O) groups is 1. The molecule has 0 N–H and O–H groups in total. The van der Waals surface area contributed by atoms with Gasteiger partial charge < -0.3 is 0 Å². The van der Waals surface area contributed by atoms with Gasteiger partial charge in [-0.3, -0.25) is 4.79 Å². The molecule has 1 aliphatic heterocycles. The lowest BCUT2D eigenvalue weighted by molar-refractivity contribution is -0.112. The summed E-state index contributed by atoms with van der Waals surface area (Å²) in [6.45, 7) is 0. The van der Waals surface area contributed by atoms with Gasteiger partial charge in [0.05, 0.1) is 5.36 Å². The molecule has 2 aromatic rings. The molecule has 0 aliphatic carbocycles. The third kappa shape index (κ3) is 1.36. The minimum Gasteiger partial charge on any atom is -0.267 e. The van der Waals surface area contributed by atoms with Crippen molar-refractivity contribution in [1.82, 2.24) is 0 Å². The van der Waals surface area contributed by atoms with Crippen molar-refractivity contribution in [3.05, 3.63) is 59.1 Å². The monoisotopic (exact) mass is 207 g/mol. The van der Waals surface area contributed by atoms with Gasteiger partial charge >= 0.3 is 0 Å². The van der Waals surface area contributed by atoms with Crippen molar-refractivity contribution < 1.29 is 4.79 Å². The van der Waals surface area contributed by atoms with E-state index in [0.717, 1.165) is 21.7 Å². The van der Waals surface area contributed by atoms with Crippen LogP contribution in [0.15, 0.2) is 53.5 Å². The maximum absolute atomic E-state index is 11.3. The molecule has 0 spiro atoms. The maximum atomic E-state index is 11.3. The van der Waals surface area contributed by atoms with Gasteiger partial charge in [0.2, 0.25) is 0 Å². The van der Waals surface area contributed by atoms with E-state index in [1.165, 1.54) is 0 Å². The molecule has 0 saturated heterocycles. The second-order valence-corrected chi connectivity index (χ2v) is 3.70. The lowest BCUT2D eigenvalue weighted by atomic mass is 10.0. The Morgan fingerprint density at radius 1 is 0.875 bits per heavy atom. The zero-order chi connectivity index (χ0) is 11.0. The highest BCUT2D eigenvalue weighted by molar-refractivity contribution is 6.07. The van der Waals surface area contributed by atoms with Crippen LogP contribution in [0.4, 0.5) is 0 Å². The van der Waals surface area contributed by atoms with E-state index in [1.54, 1.807) is 6.08 Å². The van der Waals surface area contributed by atoms with E-state index in [-0.39, 0.29) is 5.91 Å². The quantitative estimate of drug-likeness (QED) is 0.693. The Labute approximate surface area is 92.6 Å². The minimum atomic E-state index is -0.168. The van der Waals surface area contributed by atoms with E-state index in [2.05, 4.69) is 4.99 Å². The molecule has 2 heteroatoms. The topological polar surface area (TPSA) is 29.4 Å². The van der Waals surface area contributed by atoms with Gasteiger partial charge in [-0.15, -0.1) is 0 Å². The first-order chi connectivity index (χ1) is 7.84. The number of nitrogens with zero attached hydrogens (tertiary/aromatic N) is 1. The molecule has 0 aromatic heterocycles. The van der Waals surface area contributed by atoms with E-state index in [1.807, 2.05) is 48.5 Å². The van der Waals surface area contributed by atoms with Crippen LogP contribution in [-0.2, 0) is 4.79 Å². The van der Waals surface area contributed by atoms with Crippen molar-refractivity contribution in [2.75, 3.05) is 0 Å². The van der Waals surface area contributed by atoms with Crippen LogP contribution in [0, 0.1) is 0 Å². The summed E-state index contributed by atoms with van der Waals surface area (Å²) in [6.07, 6.45) is 1.59. The molecular formula is C14H9NO. The van der Waals surface area contributed by atoms with Gasteiger partial charge in [0, 0.05) is 11.3 Å². The number of fused-ring (bicyclic) bond motifs is 1. The lowest BCUT2D eigenvalue weighted by Gasteiger charge is -2.00. The van der Waals surface area contributed by atoms with Crippen LogP contribution in [0.2, 0.25) is 0 Å². The van der Waals surface area contributed by atoms with Crippen LogP contribution >= 0.6 is 0 Å². The zero-order valence-electron chi connectivity index (χ0n) is 8.55. The van der Waals surface area contributed by atoms with Crippen LogP contribution in [0.1, 0.15) is 0 Å². The minimum absolute atomic E-state index is 0.168. The molecule has 0 saturated carbocycles. The predicted molar refractivity (Wildman–Crippen MR) is 62.1 cm³/mol. The second kappa shape index (κ2) is 3.42. The molecule has 1 amide bonds. The van der Waals surface area contributed by atoms with Gasteiger partial charge in [0.25, 0.3) is 5.91 Å². The Morgan fingerprint density at radius 3 is 2.50 bits per heavy atom. The Hall–Kier alpha value is -2.22. The molecule has 76 valence electrons. The van der Waals surface area contributed by atoms with Gasteiger partial charge in [-0.2, -0.15) is 0 Å². The van der Waals surface area contributed by atoms with Crippen molar-refractivity contribution in [3.63, 3.8) is 0 Å². The molecule has 0 fully saturated rings. The summed E-state index contributed by atoms with van der Waals surface area (Å²) in [6, 6.07) is 15.8. The molecule has 0 bridgehead atoms. The Kier molecular flexibility index (Phi) is 1.93. The van der Waals surface area contributed by atoms with Crippen molar-refractivity contribution in [2.24, 2.45) is 4.99 Å². The van der Waals surface area contributed by atoms with Crippen molar-refractivity contribution in [2.45, 2.75) is 0 Å². The number of benzene rings is 2. The van der Waals surface area contributed by atoms with E-state index in [4.69, 9.17) is 0 Å². The molecule has 1 aliphatic rings. The standard InChI is InChI=1S/C14H9NO/c16-14-9-12-11(7-4-8-13(12)15-14)10-5-2-1-3-6-10/h1-9H. The first kappa shape index (κ1) is 9.04. The molecule has 16 heavy (non-hydrogen) atoms. The highest BCUT2D eigenvalue weighted by Crippen LogP contribution is 2.13. The van der Waals surface area contributed by atoms with Gasteiger partial charge in [0.1, 0.15) is 0 Å². The second-order valence-electron chi connectivity index (χ2n) is 3.70. The molecule has 0 radical (unpaired) electrons. The van der Waals surface area contributed by atoms with Gasteiger partial charge in [-0.25, -0.2) is 4.99 Å². The Bertz CT molecular complexity index is 672. The fraction of sp³-hybridized carbons (Fsp3) is 0. The average Bonchev–Trinajstić information content (AvgIpc) is 2.70. The number of carbonyl (C=O) groups excluding carboxylic acids is 1. The summed E-state index contributed by atoms with van der Waals surface area (Å²) in [5.41, 5.74) is 2.17. The molecule has 1 heterocycles. The first-order valence-electron chi connectivity index (χ1n) is 5.13. The van der Waals surface area contributed by atoms with Crippen LogP contribution in [0.25, 0.3) is 17.2 Å². The maximum Gasteiger partial charge on any atom is 0.270 e. The summed E-state index contributed by atoms with van der Waals surface area (Å²) < 4.78 is 0. The van der Waals surface area contributed by atoms with Gasteiger partial charge in [0.15, 0.2) is 0 Å². The molecule has 2 aromatic carbocycles. The van der Waals surface area contributed by atoms with Crippen LogP contribution < -0.4 is 10.6 Å². The fourth-order valence-corrected chi connectivity index (χ4v) is 1.95. The van der Waals surface area contributed by atoms with Crippen LogP contribution in [0.3, 0.4) is 0 Å². The summed E-state index contributed by atoms with van der Waals surface area (Å²) in [7, 11) is 0. The normalized spacial score (nSPS) is 12.9. The predicted octanol–water partition coefficient (Wildman–Crippen LogP) is 1.29. The summed E-state index contributed by atoms with van der Waals surface area (Å²) in [4.78, 5) is 15.2. The number of amides is 1. The van der Waals surface area contributed by atoms with Crippen LogP contribution in [-0.4, -0.2) is 5.91 Å². The number of hydrogen-bond acceptors (Lipinski definition) is 1.